The summed E-state index contributed by atoms with van der Waals surface area (Å²) in [5, 5.41) is 13.3. The fraction of sp³-hybridized carbons (Fsp3) is 0.692. The third kappa shape index (κ3) is 5.18. The molecular formula is C26H36N2O5S. The van der Waals surface area contributed by atoms with Crippen molar-refractivity contribution in [2.45, 2.75) is 88.9 Å². The number of amides is 1. The van der Waals surface area contributed by atoms with Crippen molar-refractivity contribution in [3.8, 4) is 5.75 Å². The van der Waals surface area contributed by atoms with Crippen molar-refractivity contribution in [1.29, 1.82) is 0 Å². The number of esters is 1. The van der Waals surface area contributed by atoms with E-state index in [9.17, 15) is 19.6 Å². The lowest BCUT2D eigenvalue weighted by Crippen LogP contribution is -2.43. The molecular weight excluding hydrogens is 452 g/mol. The third-order valence-corrected chi connectivity index (χ3v) is 9.14. The van der Waals surface area contributed by atoms with Gasteiger partial charge < -0.3 is 15.2 Å². The van der Waals surface area contributed by atoms with Gasteiger partial charge in [0.05, 0.1) is 17.3 Å². The van der Waals surface area contributed by atoms with Crippen molar-refractivity contribution in [1.82, 2.24) is 5.32 Å². The van der Waals surface area contributed by atoms with Gasteiger partial charge in [0.15, 0.2) is 0 Å². The summed E-state index contributed by atoms with van der Waals surface area (Å²) in [6.07, 6.45) is 6.19. The van der Waals surface area contributed by atoms with Gasteiger partial charge in [0, 0.05) is 29.5 Å². The topological polar surface area (TPSA) is 105 Å². The Bertz CT molecular complexity index is 951. The van der Waals surface area contributed by atoms with Crippen molar-refractivity contribution in [3.05, 3.63) is 34.2 Å². The number of aliphatic hydroxyl groups is 1. The van der Waals surface area contributed by atoms with Crippen LogP contribution in [0.3, 0.4) is 0 Å². The molecule has 0 bridgehead atoms. The van der Waals surface area contributed by atoms with Crippen LogP contribution in [0.4, 0.5) is 0 Å². The van der Waals surface area contributed by atoms with Crippen LogP contribution in [0.15, 0.2) is 22.8 Å². The molecule has 0 spiro atoms. The first-order valence-electron chi connectivity index (χ1n) is 12.4. The maximum absolute atomic E-state index is 12.3. The molecule has 2 fully saturated rings. The van der Waals surface area contributed by atoms with E-state index in [1.165, 1.54) is 11.1 Å². The number of ether oxygens (including phenoxy) is 1. The van der Waals surface area contributed by atoms with Gasteiger partial charge in [-0.3, -0.25) is 9.59 Å². The average Bonchev–Trinajstić information content (AvgIpc) is 3.10. The van der Waals surface area contributed by atoms with Crippen LogP contribution >= 0.6 is 11.9 Å². The Hall–Kier alpha value is -1.93. The molecule has 2 saturated carbocycles. The van der Waals surface area contributed by atoms with E-state index in [1.54, 1.807) is 0 Å². The second-order valence-electron chi connectivity index (χ2n) is 11.1. The van der Waals surface area contributed by atoms with Gasteiger partial charge in [-0.2, -0.15) is 0 Å². The van der Waals surface area contributed by atoms with Crippen LogP contribution in [-0.4, -0.2) is 34.4 Å². The highest BCUT2D eigenvalue weighted by molar-refractivity contribution is 7.99. The lowest BCUT2D eigenvalue weighted by atomic mass is 9.55. The maximum Gasteiger partial charge on any atom is 0.311 e. The number of carbonyl (C=O) groups excluding carboxylic acids is 2. The number of hydrogen-bond acceptors (Lipinski definition) is 7. The van der Waals surface area contributed by atoms with Gasteiger partial charge in [-0.25, -0.2) is 0 Å². The number of hydrogen-bond donors (Lipinski definition) is 2. The molecule has 4 rings (SSSR count). The molecule has 5 atom stereocenters. The second-order valence-corrected chi connectivity index (χ2v) is 12.5. The third-order valence-electron chi connectivity index (χ3n) is 8.43. The van der Waals surface area contributed by atoms with E-state index in [0.717, 1.165) is 50.5 Å². The molecule has 186 valence electrons. The Morgan fingerprint density at radius 1 is 1.24 bits per heavy atom. The smallest absolute Gasteiger partial charge is 0.311 e. The van der Waals surface area contributed by atoms with Crippen LogP contribution in [-0.2, 0) is 16.0 Å². The summed E-state index contributed by atoms with van der Waals surface area (Å²) in [7, 11) is 0. The van der Waals surface area contributed by atoms with Crippen LogP contribution in [0.5, 0.6) is 5.75 Å². The van der Waals surface area contributed by atoms with Gasteiger partial charge in [0.25, 0.3) is 0 Å². The largest absolute Gasteiger partial charge is 0.427 e. The van der Waals surface area contributed by atoms with E-state index >= 15 is 0 Å². The summed E-state index contributed by atoms with van der Waals surface area (Å²) in [5.74, 6) is 1.60. The minimum atomic E-state index is -0.491. The van der Waals surface area contributed by atoms with Crippen molar-refractivity contribution in [3.63, 3.8) is 0 Å². The number of nitrogens with zero attached hydrogens (tertiary/aromatic N) is 1. The first-order valence-corrected chi connectivity index (χ1v) is 13.2. The molecule has 3 aliphatic rings. The molecule has 2 N–H and O–H groups in total. The molecule has 1 aromatic carbocycles. The van der Waals surface area contributed by atoms with Crippen LogP contribution in [0.1, 0.15) is 82.8 Å². The van der Waals surface area contributed by atoms with E-state index in [2.05, 4.69) is 22.9 Å². The van der Waals surface area contributed by atoms with Gasteiger partial charge >= 0.3 is 5.97 Å². The quantitative estimate of drug-likeness (QED) is 0.233. The van der Waals surface area contributed by atoms with Crippen LogP contribution < -0.4 is 10.1 Å². The molecule has 0 radical (unpaired) electrons. The van der Waals surface area contributed by atoms with Gasteiger partial charge in [-0.05, 0) is 98.8 Å². The van der Waals surface area contributed by atoms with Gasteiger partial charge in [0.2, 0.25) is 5.91 Å². The molecule has 7 nitrogen and oxygen atoms in total. The summed E-state index contributed by atoms with van der Waals surface area (Å²) in [4.78, 5) is 34.8. The van der Waals surface area contributed by atoms with Crippen molar-refractivity contribution in [2.24, 2.45) is 21.8 Å². The van der Waals surface area contributed by atoms with E-state index in [-0.39, 0.29) is 30.3 Å². The highest BCUT2D eigenvalue weighted by atomic mass is 32.2. The molecule has 34 heavy (non-hydrogen) atoms. The van der Waals surface area contributed by atoms with Gasteiger partial charge in [-0.1, -0.05) is 13.0 Å². The molecule has 0 aromatic heterocycles. The minimum Gasteiger partial charge on any atom is -0.427 e. The predicted octanol–water partition coefficient (Wildman–Crippen LogP) is 4.90. The molecule has 0 saturated heterocycles. The zero-order valence-electron chi connectivity index (χ0n) is 20.3. The van der Waals surface area contributed by atoms with Crippen LogP contribution in [0.25, 0.3) is 0 Å². The predicted molar refractivity (Wildman–Crippen MR) is 132 cm³/mol. The summed E-state index contributed by atoms with van der Waals surface area (Å²) in [6, 6.07) is 5.99. The van der Waals surface area contributed by atoms with Gasteiger partial charge in [0.1, 0.15) is 5.75 Å². The number of benzene rings is 1. The van der Waals surface area contributed by atoms with Crippen molar-refractivity contribution in [2.75, 3.05) is 6.54 Å². The highest BCUT2D eigenvalue weighted by Gasteiger charge is 2.54. The fourth-order valence-electron chi connectivity index (χ4n) is 6.53. The Morgan fingerprint density at radius 2 is 2.03 bits per heavy atom. The van der Waals surface area contributed by atoms with E-state index in [4.69, 9.17) is 4.74 Å². The Morgan fingerprint density at radius 3 is 2.79 bits per heavy atom. The first kappa shape index (κ1) is 25.2. The average molecular weight is 489 g/mol. The van der Waals surface area contributed by atoms with E-state index in [0.29, 0.717) is 30.0 Å². The molecule has 3 aliphatic carbocycles. The number of fused-ring (bicyclic) bond motifs is 5. The first-order chi connectivity index (χ1) is 16.1. The molecule has 1 amide bonds. The second kappa shape index (κ2) is 9.97. The molecule has 1 aromatic rings. The lowest BCUT2D eigenvalue weighted by molar-refractivity contribution is -0.136. The Kier molecular flexibility index (Phi) is 7.38. The number of aliphatic hydroxyl groups excluding tert-OH is 1. The summed E-state index contributed by atoms with van der Waals surface area (Å²) >= 11 is 0.876. The van der Waals surface area contributed by atoms with Crippen molar-refractivity contribution < 1.29 is 19.4 Å². The number of nitroso groups, excluding NO2 is 1. The Labute approximate surface area is 205 Å². The zero-order valence-corrected chi connectivity index (χ0v) is 21.2. The molecule has 0 heterocycles. The van der Waals surface area contributed by atoms with Gasteiger partial charge in [-0.15, -0.1) is 4.91 Å². The van der Waals surface area contributed by atoms with Crippen LogP contribution in [0, 0.1) is 22.2 Å². The highest BCUT2D eigenvalue weighted by Crippen LogP contribution is 2.60. The summed E-state index contributed by atoms with van der Waals surface area (Å²) < 4.78 is 7.86. The van der Waals surface area contributed by atoms with E-state index < -0.39 is 10.7 Å². The number of rotatable bonds is 8. The lowest BCUT2D eigenvalue weighted by Gasteiger charge is -2.50. The number of nitrogens with one attached hydrogen (secondary N) is 1. The molecule has 5 unspecified atom stereocenters. The normalized spacial score (nSPS) is 30.0. The Balaban J connectivity index is 1.31. The molecule has 0 aliphatic heterocycles. The van der Waals surface area contributed by atoms with E-state index in [1.807, 2.05) is 26.0 Å². The standard InChI is InChI=1S/C26H36N2O5S/c1-25(2,34-28-32)15-27-23(30)10-11-24(31)33-17-5-7-18-16(14-17)4-6-20-19(18)12-13-26(3)21(20)8-9-22(26)29/h5,7,14,19-22,29H,4,6,8-13,15H2,1-3H3,(H,27,30). The maximum atomic E-state index is 12.3. The fourth-order valence-corrected chi connectivity index (χ4v) is 6.86. The van der Waals surface area contributed by atoms with Crippen LogP contribution in [0.2, 0.25) is 0 Å². The number of aryl methyl sites for hydroxylation is 1. The SMILES string of the molecule is CC(C)(CNC(=O)CCC(=O)Oc1ccc2c(c1)CCC1C2CCC2(C)C(O)CCC12)SN=O. The minimum absolute atomic E-state index is 0.00426. The summed E-state index contributed by atoms with van der Waals surface area (Å²) in [5.41, 5.74) is 2.71. The zero-order chi connectivity index (χ0) is 24.5. The summed E-state index contributed by atoms with van der Waals surface area (Å²) in [6.45, 7) is 6.21. The molecule has 8 heteroatoms. The van der Waals surface area contributed by atoms with Crippen molar-refractivity contribution >= 4 is 23.8 Å². The number of carbonyl (C=O) groups is 2. The monoisotopic (exact) mass is 488 g/mol.